The van der Waals surface area contributed by atoms with Crippen LogP contribution in [0.25, 0.3) is 0 Å². The van der Waals surface area contributed by atoms with E-state index in [-0.39, 0.29) is 55.7 Å². The first-order valence-electron chi connectivity index (χ1n) is 0. The topological polar surface area (TPSA) is 70.0 Å². The SMILES string of the molecule is N.N.[Ag].[W]. The summed E-state index contributed by atoms with van der Waals surface area (Å²) in [5, 5.41) is 0. The molecule has 0 bridgehead atoms. The van der Waals surface area contributed by atoms with Crippen LogP contribution in [0.4, 0.5) is 0 Å². The van der Waals surface area contributed by atoms with Crippen molar-refractivity contribution >= 4 is 0 Å². The zero-order valence-electron chi connectivity index (χ0n) is 2.12. The Balaban J connectivity index is 0. The first-order valence-corrected chi connectivity index (χ1v) is 0. The van der Waals surface area contributed by atoms with E-state index < -0.39 is 0 Å². The van der Waals surface area contributed by atoms with Gasteiger partial charge in [0, 0.05) is 43.4 Å². The molecule has 4 heavy (non-hydrogen) atoms. The van der Waals surface area contributed by atoms with Gasteiger partial charge in [0.2, 0.25) is 0 Å². The van der Waals surface area contributed by atoms with E-state index in [0.717, 1.165) is 0 Å². The Kier molecular flexibility index (Phi) is 373. The van der Waals surface area contributed by atoms with Gasteiger partial charge in [-0.1, -0.05) is 0 Å². The molecule has 0 atom stereocenters. The van der Waals surface area contributed by atoms with Crippen molar-refractivity contribution in [1.82, 2.24) is 12.3 Å². The van der Waals surface area contributed by atoms with Gasteiger partial charge in [-0.25, -0.2) is 0 Å². The molecule has 0 saturated carbocycles. The van der Waals surface area contributed by atoms with E-state index in [1.165, 1.54) is 0 Å². The van der Waals surface area contributed by atoms with Crippen molar-refractivity contribution in [3.8, 4) is 0 Å². The third-order valence-corrected chi connectivity index (χ3v) is 0. The first kappa shape index (κ1) is 55.6. The minimum absolute atomic E-state index is 0. The van der Waals surface area contributed by atoms with Crippen molar-refractivity contribution < 1.29 is 43.4 Å². The van der Waals surface area contributed by atoms with E-state index in [2.05, 4.69) is 0 Å². The Morgan fingerprint density at radius 3 is 0.750 bits per heavy atom. The molecule has 6 N–H and O–H groups in total. The van der Waals surface area contributed by atoms with Crippen molar-refractivity contribution in [1.29, 1.82) is 0 Å². The molecule has 1 radical (unpaired) electrons. The van der Waals surface area contributed by atoms with Crippen molar-refractivity contribution in [3.05, 3.63) is 0 Å². The fourth-order valence-electron chi connectivity index (χ4n) is 0. The van der Waals surface area contributed by atoms with Crippen LogP contribution in [0, 0.1) is 0 Å². The second-order valence-electron chi connectivity index (χ2n) is 0. The Morgan fingerprint density at radius 1 is 0.750 bits per heavy atom. The molecule has 0 aliphatic rings. The Hall–Kier alpha value is 1.35. The zero-order valence-corrected chi connectivity index (χ0v) is 6.54. The van der Waals surface area contributed by atoms with Crippen LogP contribution in [-0.4, -0.2) is 0 Å². The minimum Gasteiger partial charge on any atom is -0.344 e. The molecule has 0 aromatic rings. The van der Waals surface area contributed by atoms with Crippen molar-refractivity contribution in [2.24, 2.45) is 0 Å². The van der Waals surface area contributed by atoms with Gasteiger partial charge in [-0.05, 0) is 0 Å². The minimum atomic E-state index is 0. The third kappa shape index (κ3) is 10.2. The molecular formula is H6AgN2W. The van der Waals surface area contributed by atoms with Crippen LogP contribution < -0.4 is 12.3 Å². The molecule has 0 fully saturated rings. The van der Waals surface area contributed by atoms with Gasteiger partial charge in [-0.2, -0.15) is 0 Å². The molecule has 0 aliphatic carbocycles. The third-order valence-electron chi connectivity index (χ3n) is 0. The summed E-state index contributed by atoms with van der Waals surface area (Å²) in [6.45, 7) is 0. The molecular weight excluding hydrogens is 320 g/mol. The molecule has 0 saturated heterocycles. The summed E-state index contributed by atoms with van der Waals surface area (Å²) in [7, 11) is 0. The van der Waals surface area contributed by atoms with Crippen molar-refractivity contribution in [2.45, 2.75) is 0 Å². The van der Waals surface area contributed by atoms with Gasteiger partial charge in [-0.3, -0.25) is 0 Å². The van der Waals surface area contributed by atoms with Crippen LogP contribution >= 0.6 is 0 Å². The molecule has 4 heteroatoms. The van der Waals surface area contributed by atoms with Crippen LogP contribution in [0.15, 0.2) is 0 Å². The average Bonchev–Trinajstić information content (AvgIpc) is 0. The second-order valence-corrected chi connectivity index (χ2v) is 0. The summed E-state index contributed by atoms with van der Waals surface area (Å²) in [4.78, 5) is 0. The number of hydrogen-bond acceptors (Lipinski definition) is 2. The van der Waals surface area contributed by atoms with Crippen LogP contribution in [0.5, 0.6) is 0 Å². The average molecular weight is 326 g/mol. The molecule has 0 aliphatic heterocycles. The molecule has 0 unspecified atom stereocenters. The summed E-state index contributed by atoms with van der Waals surface area (Å²) in [5.41, 5.74) is 0. The van der Waals surface area contributed by atoms with Crippen molar-refractivity contribution in [2.75, 3.05) is 0 Å². The fourth-order valence-corrected chi connectivity index (χ4v) is 0. The Bertz CT molecular complexity index is 6.00. The summed E-state index contributed by atoms with van der Waals surface area (Å²) < 4.78 is 0. The molecule has 0 heterocycles. The maximum atomic E-state index is 0. The monoisotopic (exact) mass is 325 g/mol. The van der Waals surface area contributed by atoms with Gasteiger partial charge in [0.05, 0.1) is 0 Å². The van der Waals surface area contributed by atoms with Gasteiger partial charge >= 0.3 is 0 Å². The quantitative estimate of drug-likeness (QED) is 0.630. The molecule has 0 aromatic carbocycles. The maximum Gasteiger partial charge on any atom is 0 e. The maximum absolute atomic E-state index is 0. The number of hydrogen-bond donors (Lipinski definition) is 2. The largest absolute Gasteiger partial charge is 0.344 e. The van der Waals surface area contributed by atoms with E-state index in [1.54, 1.807) is 0 Å². The predicted octanol–water partition coefficient (Wildman–Crippen LogP) is 0.319. The van der Waals surface area contributed by atoms with E-state index in [1.807, 2.05) is 0 Å². The second kappa shape index (κ2) is 26.8. The van der Waals surface area contributed by atoms with Gasteiger partial charge in [0.25, 0.3) is 0 Å². The van der Waals surface area contributed by atoms with E-state index >= 15 is 0 Å². The van der Waals surface area contributed by atoms with E-state index in [9.17, 15) is 0 Å². The van der Waals surface area contributed by atoms with Gasteiger partial charge < -0.3 is 12.3 Å². The predicted molar refractivity (Wildman–Crippen MR) is 10.0 cm³/mol. The molecule has 0 amide bonds. The normalized spacial score (nSPS) is 0. The fraction of sp³-hybridized carbons (Fsp3) is 0. The van der Waals surface area contributed by atoms with Gasteiger partial charge in [0.1, 0.15) is 0 Å². The molecule has 0 rings (SSSR count). The summed E-state index contributed by atoms with van der Waals surface area (Å²) in [5.74, 6) is 0. The summed E-state index contributed by atoms with van der Waals surface area (Å²) in [6, 6.07) is 0. The Morgan fingerprint density at radius 2 is 0.750 bits per heavy atom. The van der Waals surface area contributed by atoms with Crippen LogP contribution in [-0.2, 0) is 43.4 Å². The van der Waals surface area contributed by atoms with Gasteiger partial charge in [-0.15, -0.1) is 0 Å². The molecule has 33 valence electrons. The molecule has 0 spiro atoms. The summed E-state index contributed by atoms with van der Waals surface area (Å²) >= 11 is 0. The van der Waals surface area contributed by atoms with Crippen LogP contribution in [0.1, 0.15) is 0 Å². The number of rotatable bonds is 0. The smallest absolute Gasteiger partial charge is 0 e. The molecule has 2 nitrogen and oxygen atoms in total. The van der Waals surface area contributed by atoms with E-state index in [4.69, 9.17) is 0 Å². The van der Waals surface area contributed by atoms with E-state index in [0.29, 0.717) is 0 Å². The zero-order chi connectivity index (χ0) is 0. The van der Waals surface area contributed by atoms with Crippen LogP contribution in [0.3, 0.4) is 0 Å². The standard InChI is InChI=1S/Ag.2H3N.W/h;2*1H3;. The van der Waals surface area contributed by atoms with Crippen LogP contribution in [0.2, 0.25) is 0 Å². The van der Waals surface area contributed by atoms with Crippen molar-refractivity contribution in [3.63, 3.8) is 0 Å². The summed E-state index contributed by atoms with van der Waals surface area (Å²) in [6.07, 6.45) is 0. The Labute approximate surface area is 55.7 Å². The van der Waals surface area contributed by atoms with Gasteiger partial charge in [0.15, 0.2) is 0 Å². The molecule has 0 aromatic heterocycles. The first-order chi connectivity index (χ1) is 0.